The molecule has 86 valence electrons. The highest BCUT2D eigenvalue weighted by atomic mass is 16.5. The van der Waals surface area contributed by atoms with Gasteiger partial charge in [0.25, 0.3) is 0 Å². The molecule has 1 aromatic carbocycles. The topological polar surface area (TPSA) is 61.6 Å². The van der Waals surface area contributed by atoms with Gasteiger partial charge >= 0.3 is 5.97 Å². The molecule has 0 aliphatic carbocycles. The van der Waals surface area contributed by atoms with Gasteiger partial charge < -0.3 is 15.2 Å². The van der Waals surface area contributed by atoms with Crippen molar-refractivity contribution in [2.24, 2.45) is 5.73 Å². The summed E-state index contributed by atoms with van der Waals surface area (Å²) in [6, 6.07) is 9.53. The van der Waals surface area contributed by atoms with E-state index in [1.54, 1.807) is 0 Å². The Kier molecular flexibility index (Phi) is 3.22. The molecule has 16 heavy (non-hydrogen) atoms. The van der Waals surface area contributed by atoms with Crippen molar-refractivity contribution < 1.29 is 14.3 Å². The lowest BCUT2D eigenvalue weighted by Crippen LogP contribution is -2.49. The van der Waals surface area contributed by atoms with Crippen LogP contribution in [0.4, 0.5) is 0 Å². The average Bonchev–Trinajstić information content (AvgIpc) is 2.76. The summed E-state index contributed by atoms with van der Waals surface area (Å²) in [5.41, 5.74) is 5.87. The Morgan fingerprint density at radius 1 is 1.44 bits per heavy atom. The van der Waals surface area contributed by atoms with Crippen LogP contribution in [0.3, 0.4) is 0 Å². The van der Waals surface area contributed by atoms with Gasteiger partial charge in [0.2, 0.25) is 0 Å². The number of carbonyl (C=O) groups excluding carboxylic acids is 1. The average molecular weight is 221 g/mol. The number of ether oxygens (including phenoxy) is 2. The first-order valence-electron chi connectivity index (χ1n) is 5.28. The Balaban J connectivity index is 1.89. The Hall–Kier alpha value is -1.39. The van der Waals surface area contributed by atoms with Crippen molar-refractivity contribution in [2.75, 3.05) is 13.2 Å². The molecule has 4 nitrogen and oxygen atoms in total. The van der Waals surface area contributed by atoms with Crippen molar-refractivity contribution in [3.05, 3.63) is 35.9 Å². The first-order valence-corrected chi connectivity index (χ1v) is 5.28. The van der Waals surface area contributed by atoms with Gasteiger partial charge in [-0.1, -0.05) is 30.3 Å². The van der Waals surface area contributed by atoms with Gasteiger partial charge in [0, 0.05) is 13.0 Å². The first kappa shape index (κ1) is 11.1. The molecule has 0 bridgehead atoms. The lowest BCUT2D eigenvalue weighted by atomic mass is 10.0. The van der Waals surface area contributed by atoms with E-state index in [0.717, 1.165) is 5.56 Å². The van der Waals surface area contributed by atoms with E-state index < -0.39 is 5.54 Å². The van der Waals surface area contributed by atoms with Crippen LogP contribution in [0.25, 0.3) is 0 Å². The second-order valence-electron chi connectivity index (χ2n) is 4.02. The first-order chi connectivity index (χ1) is 7.71. The largest absolute Gasteiger partial charge is 0.459 e. The van der Waals surface area contributed by atoms with Crippen molar-refractivity contribution in [2.45, 2.75) is 18.6 Å². The van der Waals surface area contributed by atoms with E-state index in [-0.39, 0.29) is 19.2 Å². The zero-order valence-electron chi connectivity index (χ0n) is 9.02. The molecule has 2 N–H and O–H groups in total. The highest BCUT2D eigenvalue weighted by molar-refractivity contribution is 5.81. The van der Waals surface area contributed by atoms with Crippen LogP contribution < -0.4 is 5.73 Å². The smallest absolute Gasteiger partial charge is 0.328 e. The minimum Gasteiger partial charge on any atom is -0.459 e. The van der Waals surface area contributed by atoms with Crippen LogP contribution in [0.5, 0.6) is 0 Å². The molecule has 1 saturated heterocycles. The van der Waals surface area contributed by atoms with E-state index in [2.05, 4.69) is 0 Å². The molecule has 2 rings (SSSR count). The summed E-state index contributed by atoms with van der Waals surface area (Å²) in [5.74, 6) is -0.381. The quantitative estimate of drug-likeness (QED) is 0.768. The fourth-order valence-electron chi connectivity index (χ4n) is 1.61. The van der Waals surface area contributed by atoms with Gasteiger partial charge in [0.1, 0.15) is 12.1 Å². The minimum absolute atomic E-state index is 0.251. The fourth-order valence-corrected chi connectivity index (χ4v) is 1.61. The van der Waals surface area contributed by atoms with Crippen molar-refractivity contribution in [1.29, 1.82) is 0 Å². The van der Waals surface area contributed by atoms with Gasteiger partial charge in [-0.3, -0.25) is 0 Å². The summed E-state index contributed by atoms with van der Waals surface area (Å²) in [7, 11) is 0. The second-order valence-corrected chi connectivity index (χ2v) is 4.02. The molecule has 0 spiro atoms. The van der Waals surface area contributed by atoms with Gasteiger partial charge in [-0.05, 0) is 5.56 Å². The summed E-state index contributed by atoms with van der Waals surface area (Å²) < 4.78 is 10.3. The predicted octanol–water partition coefficient (Wildman–Crippen LogP) is 0.848. The maximum atomic E-state index is 11.7. The van der Waals surface area contributed by atoms with Crippen molar-refractivity contribution in [3.8, 4) is 0 Å². The van der Waals surface area contributed by atoms with Crippen molar-refractivity contribution >= 4 is 5.97 Å². The molecule has 0 aromatic heterocycles. The normalized spacial score (nSPS) is 24.3. The van der Waals surface area contributed by atoms with Gasteiger partial charge in [-0.15, -0.1) is 0 Å². The van der Waals surface area contributed by atoms with Crippen LogP contribution in [0.2, 0.25) is 0 Å². The van der Waals surface area contributed by atoms with E-state index >= 15 is 0 Å². The maximum Gasteiger partial charge on any atom is 0.328 e. The lowest BCUT2D eigenvalue weighted by molar-refractivity contribution is -0.151. The molecule has 0 saturated carbocycles. The Bertz CT molecular complexity index is 358. The van der Waals surface area contributed by atoms with Gasteiger partial charge in [-0.25, -0.2) is 4.79 Å². The third-order valence-electron chi connectivity index (χ3n) is 2.67. The van der Waals surface area contributed by atoms with Crippen LogP contribution in [0, 0.1) is 0 Å². The van der Waals surface area contributed by atoms with Gasteiger partial charge in [0.05, 0.1) is 6.61 Å². The molecule has 1 aromatic rings. The molecular weight excluding hydrogens is 206 g/mol. The van der Waals surface area contributed by atoms with Crippen molar-refractivity contribution in [1.82, 2.24) is 0 Å². The SMILES string of the molecule is NC1(C(=O)OCc2ccccc2)CCOC1. The zero-order chi connectivity index (χ0) is 11.4. The summed E-state index contributed by atoms with van der Waals surface area (Å²) in [6.07, 6.45) is 0.528. The maximum absolute atomic E-state index is 11.7. The number of esters is 1. The Morgan fingerprint density at radius 3 is 2.81 bits per heavy atom. The minimum atomic E-state index is -0.950. The number of carbonyl (C=O) groups is 1. The Morgan fingerprint density at radius 2 is 2.19 bits per heavy atom. The third kappa shape index (κ3) is 2.40. The molecule has 1 unspecified atom stereocenters. The zero-order valence-corrected chi connectivity index (χ0v) is 9.02. The van der Waals surface area contributed by atoms with Crippen molar-refractivity contribution in [3.63, 3.8) is 0 Å². The summed E-state index contributed by atoms with van der Waals surface area (Å²) in [4.78, 5) is 11.7. The van der Waals surface area contributed by atoms with E-state index in [4.69, 9.17) is 15.2 Å². The fraction of sp³-hybridized carbons (Fsp3) is 0.417. The number of nitrogens with two attached hydrogens (primary N) is 1. The van der Waals surface area contributed by atoms with E-state index in [1.165, 1.54) is 0 Å². The van der Waals surface area contributed by atoms with Crippen LogP contribution in [-0.4, -0.2) is 24.7 Å². The summed E-state index contributed by atoms with van der Waals surface area (Å²) >= 11 is 0. The number of rotatable bonds is 3. The number of hydrogen-bond donors (Lipinski definition) is 1. The molecule has 4 heteroatoms. The van der Waals surface area contributed by atoms with Gasteiger partial charge in [-0.2, -0.15) is 0 Å². The second kappa shape index (κ2) is 4.63. The third-order valence-corrected chi connectivity index (χ3v) is 2.67. The van der Waals surface area contributed by atoms with Gasteiger partial charge in [0.15, 0.2) is 0 Å². The summed E-state index contributed by atoms with van der Waals surface area (Å²) in [6.45, 7) is 1.04. The molecule has 1 aliphatic heterocycles. The molecule has 0 amide bonds. The Labute approximate surface area is 94.3 Å². The number of benzene rings is 1. The molecule has 1 heterocycles. The van der Waals surface area contributed by atoms with Crippen LogP contribution in [0.15, 0.2) is 30.3 Å². The van der Waals surface area contributed by atoms with E-state index in [0.29, 0.717) is 13.0 Å². The van der Waals surface area contributed by atoms with E-state index in [1.807, 2.05) is 30.3 Å². The predicted molar refractivity (Wildman–Crippen MR) is 58.6 cm³/mol. The lowest BCUT2D eigenvalue weighted by Gasteiger charge is -2.19. The molecule has 0 radical (unpaired) electrons. The number of hydrogen-bond acceptors (Lipinski definition) is 4. The molecule has 1 aliphatic rings. The van der Waals surface area contributed by atoms with Crippen LogP contribution in [0.1, 0.15) is 12.0 Å². The standard InChI is InChI=1S/C12H15NO3/c13-12(6-7-15-9-12)11(14)16-8-10-4-2-1-3-5-10/h1-5H,6-9,13H2. The molecular formula is C12H15NO3. The summed E-state index contributed by atoms with van der Waals surface area (Å²) in [5, 5.41) is 0. The highest BCUT2D eigenvalue weighted by Crippen LogP contribution is 2.17. The molecule has 1 atom stereocenters. The monoisotopic (exact) mass is 221 g/mol. The van der Waals surface area contributed by atoms with Crippen LogP contribution >= 0.6 is 0 Å². The van der Waals surface area contributed by atoms with E-state index in [9.17, 15) is 4.79 Å². The van der Waals surface area contributed by atoms with Crippen LogP contribution in [-0.2, 0) is 20.9 Å². The molecule has 1 fully saturated rings. The highest BCUT2D eigenvalue weighted by Gasteiger charge is 2.39.